The standard InChI is InChI=1S/C7H17NO2/c1-4-6-8(3)7(9)10-5-2/h7,9H,4-6H2,1-3H3. The van der Waals surface area contributed by atoms with Crippen LogP contribution in [0.25, 0.3) is 0 Å². The van der Waals surface area contributed by atoms with E-state index < -0.39 is 6.41 Å². The van der Waals surface area contributed by atoms with Crippen LogP contribution in [0.15, 0.2) is 0 Å². The summed E-state index contributed by atoms with van der Waals surface area (Å²) in [5.74, 6) is 0. The molecule has 0 aromatic heterocycles. The van der Waals surface area contributed by atoms with Crippen LogP contribution < -0.4 is 0 Å². The van der Waals surface area contributed by atoms with Gasteiger partial charge in [-0.3, -0.25) is 4.90 Å². The van der Waals surface area contributed by atoms with Crippen molar-refractivity contribution in [3.05, 3.63) is 0 Å². The predicted octanol–water partition coefficient (Wildman–Crippen LogP) is 0.641. The van der Waals surface area contributed by atoms with Gasteiger partial charge in [0.1, 0.15) is 0 Å². The van der Waals surface area contributed by atoms with E-state index >= 15 is 0 Å². The zero-order valence-electron chi connectivity index (χ0n) is 7.00. The maximum Gasteiger partial charge on any atom is 0.215 e. The average molecular weight is 147 g/mol. The number of hydrogen-bond acceptors (Lipinski definition) is 3. The Bertz CT molecular complexity index is 68.0. The van der Waals surface area contributed by atoms with Gasteiger partial charge < -0.3 is 9.84 Å². The van der Waals surface area contributed by atoms with Crippen molar-refractivity contribution in [1.29, 1.82) is 0 Å². The molecule has 0 radical (unpaired) electrons. The van der Waals surface area contributed by atoms with E-state index in [0.717, 1.165) is 13.0 Å². The van der Waals surface area contributed by atoms with Gasteiger partial charge in [-0.15, -0.1) is 0 Å². The van der Waals surface area contributed by atoms with Crippen molar-refractivity contribution < 1.29 is 9.84 Å². The van der Waals surface area contributed by atoms with Gasteiger partial charge in [-0.1, -0.05) is 6.92 Å². The monoisotopic (exact) mass is 147 g/mol. The van der Waals surface area contributed by atoms with Crippen molar-refractivity contribution in [3.63, 3.8) is 0 Å². The van der Waals surface area contributed by atoms with Crippen molar-refractivity contribution in [2.75, 3.05) is 20.2 Å². The SMILES string of the molecule is CCCN(C)C(O)OCC. The van der Waals surface area contributed by atoms with Crippen LogP contribution in [0.4, 0.5) is 0 Å². The fourth-order valence-electron chi connectivity index (χ4n) is 0.739. The molecule has 1 atom stereocenters. The van der Waals surface area contributed by atoms with Gasteiger partial charge in [0, 0.05) is 13.2 Å². The minimum atomic E-state index is -0.732. The Kier molecular flexibility index (Phi) is 5.58. The molecular weight excluding hydrogens is 130 g/mol. The Morgan fingerprint density at radius 2 is 2.10 bits per heavy atom. The second-order valence-electron chi connectivity index (χ2n) is 2.26. The summed E-state index contributed by atoms with van der Waals surface area (Å²) < 4.78 is 4.94. The lowest BCUT2D eigenvalue weighted by Gasteiger charge is -2.21. The highest BCUT2D eigenvalue weighted by atomic mass is 16.6. The van der Waals surface area contributed by atoms with Crippen molar-refractivity contribution in [2.24, 2.45) is 0 Å². The number of aliphatic hydroxyl groups is 1. The largest absolute Gasteiger partial charge is 0.356 e. The second-order valence-corrected chi connectivity index (χ2v) is 2.26. The lowest BCUT2D eigenvalue weighted by Crippen LogP contribution is -2.34. The molecule has 1 N–H and O–H groups in total. The van der Waals surface area contributed by atoms with E-state index in [-0.39, 0.29) is 0 Å². The van der Waals surface area contributed by atoms with Gasteiger partial charge in [-0.25, -0.2) is 0 Å². The van der Waals surface area contributed by atoms with Crippen molar-refractivity contribution in [2.45, 2.75) is 26.7 Å². The number of rotatable bonds is 5. The van der Waals surface area contributed by atoms with E-state index in [1.54, 1.807) is 4.90 Å². The van der Waals surface area contributed by atoms with Gasteiger partial charge in [0.05, 0.1) is 0 Å². The van der Waals surface area contributed by atoms with E-state index in [9.17, 15) is 0 Å². The van der Waals surface area contributed by atoms with Crippen LogP contribution >= 0.6 is 0 Å². The molecule has 0 aromatic rings. The highest BCUT2D eigenvalue weighted by Crippen LogP contribution is 1.94. The van der Waals surface area contributed by atoms with E-state index in [1.807, 2.05) is 14.0 Å². The summed E-state index contributed by atoms with van der Waals surface area (Å²) in [5, 5.41) is 9.15. The Hall–Kier alpha value is -0.120. The van der Waals surface area contributed by atoms with Crippen LogP contribution in [0.1, 0.15) is 20.3 Å². The molecule has 0 amide bonds. The summed E-state index contributed by atoms with van der Waals surface area (Å²) in [6.45, 7) is 5.34. The molecule has 0 rings (SSSR count). The summed E-state index contributed by atoms with van der Waals surface area (Å²) in [6.07, 6.45) is 0.297. The van der Waals surface area contributed by atoms with Crippen LogP contribution in [-0.4, -0.2) is 36.6 Å². The number of nitrogens with zero attached hydrogens (tertiary/aromatic N) is 1. The molecule has 0 fully saturated rings. The zero-order valence-corrected chi connectivity index (χ0v) is 7.00. The molecule has 1 unspecified atom stereocenters. The molecule has 0 aromatic carbocycles. The molecule has 0 spiro atoms. The van der Waals surface area contributed by atoms with Gasteiger partial charge in [-0.2, -0.15) is 0 Å². The highest BCUT2D eigenvalue weighted by Gasteiger charge is 2.07. The lowest BCUT2D eigenvalue weighted by atomic mass is 10.4. The summed E-state index contributed by atoms with van der Waals surface area (Å²) in [5.41, 5.74) is 0. The van der Waals surface area contributed by atoms with Crippen LogP contribution in [0.2, 0.25) is 0 Å². The summed E-state index contributed by atoms with van der Waals surface area (Å²) in [7, 11) is 1.84. The third kappa shape index (κ3) is 3.82. The minimum Gasteiger partial charge on any atom is -0.356 e. The molecule has 0 bridgehead atoms. The number of ether oxygens (including phenoxy) is 1. The normalized spacial score (nSPS) is 14.1. The topological polar surface area (TPSA) is 32.7 Å². The second kappa shape index (κ2) is 5.65. The summed E-state index contributed by atoms with van der Waals surface area (Å²) >= 11 is 0. The molecule has 3 heteroatoms. The van der Waals surface area contributed by atoms with Crippen LogP contribution in [0, 0.1) is 0 Å². The van der Waals surface area contributed by atoms with Gasteiger partial charge in [0.15, 0.2) is 0 Å². The Morgan fingerprint density at radius 3 is 2.50 bits per heavy atom. The van der Waals surface area contributed by atoms with Crippen LogP contribution in [0.5, 0.6) is 0 Å². The van der Waals surface area contributed by atoms with E-state index in [0.29, 0.717) is 6.61 Å². The molecule has 10 heavy (non-hydrogen) atoms. The van der Waals surface area contributed by atoms with Gasteiger partial charge in [0.2, 0.25) is 6.41 Å². The molecule has 0 saturated carbocycles. The molecule has 0 aliphatic heterocycles. The van der Waals surface area contributed by atoms with Crippen molar-refractivity contribution in [1.82, 2.24) is 4.90 Å². The molecule has 0 heterocycles. The first-order chi connectivity index (χ1) is 4.72. The molecule has 3 nitrogen and oxygen atoms in total. The Labute approximate surface area is 62.6 Å². The quantitative estimate of drug-likeness (QED) is 0.579. The highest BCUT2D eigenvalue weighted by molar-refractivity contribution is 4.44. The van der Waals surface area contributed by atoms with E-state index in [2.05, 4.69) is 6.92 Å². The fourth-order valence-corrected chi connectivity index (χ4v) is 0.739. The molecule has 0 aliphatic carbocycles. The predicted molar refractivity (Wildman–Crippen MR) is 40.6 cm³/mol. The van der Waals surface area contributed by atoms with Gasteiger partial charge in [-0.05, 0) is 20.4 Å². The zero-order chi connectivity index (χ0) is 7.98. The maximum absolute atomic E-state index is 9.15. The van der Waals surface area contributed by atoms with Crippen LogP contribution in [0.3, 0.4) is 0 Å². The van der Waals surface area contributed by atoms with E-state index in [1.165, 1.54) is 0 Å². The van der Waals surface area contributed by atoms with E-state index in [4.69, 9.17) is 9.84 Å². The van der Waals surface area contributed by atoms with Crippen molar-refractivity contribution in [3.8, 4) is 0 Å². The maximum atomic E-state index is 9.15. The van der Waals surface area contributed by atoms with Crippen LogP contribution in [-0.2, 0) is 4.74 Å². The summed E-state index contributed by atoms with van der Waals surface area (Å²) in [6, 6.07) is 0. The summed E-state index contributed by atoms with van der Waals surface area (Å²) in [4.78, 5) is 1.77. The molecular formula is C7H17NO2. The fraction of sp³-hybridized carbons (Fsp3) is 1.00. The van der Waals surface area contributed by atoms with Gasteiger partial charge >= 0.3 is 0 Å². The molecule has 62 valence electrons. The Balaban J connectivity index is 3.38. The lowest BCUT2D eigenvalue weighted by molar-refractivity contribution is -0.181. The first-order valence-corrected chi connectivity index (χ1v) is 3.72. The minimum absolute atomic E-state index is 0.551. The smallest absolute Gasteiger partial charge is 0.215 e. The van der Waals surface area contributed by atoms with Crippen molar-refractivity contribution >= 4 is 0 Å². The average Bonchev–Trinajstić information content (AvgIpc) is 1.89. The number of aliphatic hydroxyl groups excluding tert-OH is 1. The molecule has 0 aliphatic rings. The first kappa shape index (κ1) is 9.88. The first-order valence-electron chi connectivity index (χ1n) is 3.72. The molecule has 0 saturated heterocycles. The third-order valence-corrected chi connectivity index (χ3v) is 1.27. The number of hydrogen-bond donors (Lipinski definition) is 1. The van der Waals surface area contributed by atoms with Gasteiger partial charge in [0.25, 0.3) is 0 Å². The Morgan fingerprint density at radius 1 is 1.50 bits per heavy atom. The third-order valence-electron chi connectivity index (χ3n) is 1.27.